The number of sulfonamides is 1. The molecule has 190 valence electrons. The van der Waals surface area contributed by atoms with Gasteiger partial charge in [-0.15, -0.1) is 4.40 Å². The van der Waals surface area contributed by atoms with Gasteiger partial charge in [0.05, 0.1) is 24.6 Å². The zero-order chi connectivity index (χ0) is 25.4. The second-order valence-corrected chi connectivity index (χ2v) is 11.1. The molecule has 36 heavy (non-hydrogen) atoms. The van der Waals surface area contributed by atoms with Crippen molar-refractivity contribution in [3.8, 4) is 0 Å². The second kappa shape index (κ2) is 9.65. The second-order valence-electron chi connectivity index (χ2n) is 9.56. The Bertz CT molecular complexity index is 1310. The molecule has 2 bridgehead atoms. The molecule has 0 spiro atoms. The van der Waals surface area contributed by atoms with E-state index in [1.807, 2.05) is 0 Å². The van der Waals surface area contributed by atoms with Crippen molar-refractivity contribution in [2.75, 3.05) is 11.9 Å². The quantitative estimate of drug-likeness (QED) is 0.566. The van der Waals surface area contributed by atoms with Gasteiger partial charge >= 0.3 is 5.97 Å². The predicted octanol–water partition coefficient (Wildman–Crippen LogP) is 3.74. The number of amides is 1. The Morgan fingerprint density at radius 2 is 1.83 bits per heavy atom. The number of ether oxygens (including phenoxy) is 1. The topological polar surface area (TPSA) is 105 Å². The molecule has 2 aromatic rings. The third-order valence-corrected chi connectivity index (χ3v) is 8.74. The minimum atomic E-state index is -3.95. The number of carbonyl (C=O) groups excluding carboxylic acids is 2. The van der Waals surface area contributed by atoms with Crippen LogP contribution >= 0.6 is 0 Å². The maximum absolute atomic E-state index is 13.8. The average molecular weight is 514 g/mol. The van der Waals surface area contributed by atoms with E-state index in [1.54, 1.807) is 42.2 Å². The molecule has 8 nitrogen and oxygen atoms in total. The van der Waals surface area contributed by atoms with E-state index in [2.05, 4.69) is 9.71 Å². The molecule has 2 aromatic carbocycles. The van der Waals surface area contributed by atoms with E-state index < -0.39 is 15.9 Å². The van der Waals surface area contributed by atoms with Crippen LogP contribution in [0.5, 0.6) is 0 Å². The van der Waals surface area contributed by atoms with Crippen molar-refractivity contribution in [1.82, 2.24) is 4.90 Å². The number of hydrogen-bond acceptors (Lipinski definition) is 6. The summed E-state index contributed by atoms with van der Waals surface area (Å²) in [6.45, 7) is 2.18. The summed E-state index contributed by atoms with van der Waals surface area (Å²) >= 11 is 0. The predicted molar refractivity (Wildman–Crippen MR) is 131 cm³/mol. The van der Waals surface area contributed by atoms with Gasteiger partial charge in [0, 0.05) is 12.6 Å². The molecule has 1 N–H and O–H groups in total. The highest BCUT2D eigenvalue weighted by atomic mass is 32.2. The van der Waals surface area contributed by atoms with Gasteiger partial charge in [-0.3, -0.25) is 9.59 Å². The van der Waals surface area contributed by atoms with Gasteiger partial charge in [-0.25, -0.2) is 4.39 Å². The number of esters is 1. The number of carbonyl (C=O) groups is 2. The van der Waals surface area contributed by atoms with E-state index in [-0.39, 0.29) is 65.9 Å². The summed E-state index contributed by atoms with van der Waals surface area (Å²) in [5.41, 5.74) is 1.08. The van der Waals surface area contributed by atoms with Crippen LogP contribution in [0.1, 0.15) is 38.2 Å². The third-order valence-electron chi connectivity index (χ3n) is 7.37. The summed E-state index contributed by atoms with van der Waals surface area (Å²) in [5.74, 6) is -1.19. The first-order valence-electron chi connectivity index (χ1n) is 12.2. The highest BCUT2D eigenvalue weighted by molar-refractivity contribution is 7.90. The van der Waals surface area contributed by atoms with E-state index in [9.17, 15) is 22.4 Å². The Balaban J connectivity index is 1.46. The van der Waals surface area contributed by atoms with Gasteiger partial charge in [-0.1, -0.05) is 24.3 Å². The van der Waals surface area contributed by atoms with Gasteiger partial charge in [-0.2, -0.15) is 8.42 Å². The Labute approximate surface area is 209 Å². The lowest BCUT2D eigenvalue weighted by atomic mass is 9.83. The first kappa shape index (κ1) is 24.4. The molecule has 5 rings (SSSR count). The molecule has 0 radical (unpaired) electrons. The van der Waals surface area contributed by atoms with Crippen LogP contribution in [-0.4, -0.2) is 43.7 Å². The van der Waals surface area contributed by atoms with Crippen molar-refractivity contribution in [3.63, 3.8) is 0 Å². The maximum atomic E-state index is 13.8. The SMILES string of the molecule is CCOC(=O)C1C2CCC(C2)C1N(Cc1ccc(F)cc1)C(=O)CC1=NS(=O)(=O)c2ccccc2N1. The van der Waals surface area contributed by atoms with Gasteiger partial charge in [-0.05, 0) is 67.9 Å². The summed E-state index contributed by atoms with van der Waals surface area (Å²) in [5, 5.41) is 2.97. The number of amidine groups is 1. The number of para-hydroxylation sites is 1. The lowest BCUT2D eigenvalue weighted by Crippen LogP contribution is -2.50. The first-order chi connectivity index (χ1) is 17.3. The van der Waals surface area contributed by atoms with Crippen LogP contribution in [0.15, 0.2) is 57.8 Å². The van der Waals surface area contributed by atoms with E-state index >= 15 is 0 Å². The number of nitrogens with one attached hydrogen (secondary N) is 1. The number of halogens is 1. The molecule has 1 amide bonds. The fraction of sp³-hybridized carbons (Fsp3) is 0.423. The van der Waals surface area contributed by atoms with Gasteiger partial charge in [0.15, 0.2) is 0 Å². The van der Waals surface area contributed by atoms with E-state index in [4.69, 9.17) is 4.74 Å². The standard InChI is InChI=1S/C26H28FN3O5S/c1-2-35-26(32)24-17-9-10-18(13-17)25(24)30(15-16-7-11-19(27)12-8-16)23(31)14-22-28-20-5-3-4-6-21(20)36(33,34)29-22/h3-8,11-12,17-18,24-25H,2,9-10,13-15H2,1H3,(H,28,29). The number of fused-ring (bicyclic) bond motifs is 3. The number of rotatable bonds is 7. The molecule has 2 saturated carbocycles. The van der Waals surface area contributed by atoms with Crippen LogP contribution in [-0.2, 0) is 30.9 Å². The van der Waals surface area contributed by atoms with Crippen molar-refractivity contribution in [3.05, 3.63) is 59.9 Å². The van der Waals surface area contributed by atoms with Crippen molar-refractivity contribution in [1.29, 1.82) is 0 Å². The van der Waals surface area contributed by atoms with Gasteiger partial charge in [0.1, 0.15) is 16.5 Å². The molecule has 2 aliphatic carbocycles. The van der Waals surface area contributed by atoms with Crippen molar-refractivity contribution >= 4 is 33.4 Å². The molecule has 1 heterocycles. The molecule has 0 aromatic heterocycles. The Morgan fingerprint density at radius 1 is 1.11 bits per heavy atom. The highest BCUT2D eigenvalue weighted by Crippen LogP contribution is 2.51. The zero-order valence-electron chi connectivity index (χ0n) is 19.9. The Kier molecular flexibility index (Phi) is 6.55. The van der Waals surface area contributed by atoms with Gasteiger partial charge in [0.25, 0.3) is 10.0 Å². The van der Waals surface area contributed by atoms with E-state index in [0.717, 1.165) is 19.3 Å². The Morgan fingerprint density at radius 3 is 2.58 bits per heavy atom. The molecule has 3 aliphatic rings. The summed E-state index contributed by atoms with van der Waals surface area (Å²) in [6, 6.07) is 11.9. The van der Waals surface area contributed by atoms with Crippen LogP contribution in [0.4, 0.5) is 10.1 Å². The molecule has 0 saturated heterocycles. The van der Waals surface area contributed by atoms with E-state index in [0.29, 0.717) is 11.3 Å². The summed E-state index contributed by atoms with van der Waals surface area (Å²) < 4.78 is 48.1. The van der Waals surface area contributed by atoms with Gasteiger partial charge < -0.3 is 15.0 Å². The number of anilines is 1. The van der Waals surface area contributed by atoms with Crippen LogP contribution < -0.4 is 5.32 Å². The molecule has 1 aliphatic heterocycles. The normalized spacial score (nSPS) is 25.4. The minimum absolute atomic E-state index is 0.0265. The monoisotopic (exact) mass is 513 g/mol. The van der Waals surface area contributed by atoms with Crippen molar-refractivity contribution < 1.29 is 27.1 Å². The minimum Gasteiger partial charge on any atom is -0.466 e. The van der Waals surface area contributed by atoms with Crippen LogP contribution in [0, 0.1) is 23.6 Å². The summed E-state index contributed by atoms with van der Waals surface area (Å²) in [4.78, 5) is 28.4. The fourth-order valence-electron chi connectivity index (χ4n) is 5.91. The van der Waals surface area contributed by atoms with Crippen molar-refractivity contribution in [2.24, 2.45) is 22.2 Å². The van der Waals surface area contributed by atoms with Crippen LogP contribution in [0.3, 0.4) is 0 Å². The van der Waals surface area contributed by atoms with Crippen LogP contribution in [0.2, 0.25) is 0 Å². The fourth-order valence-corrected chi connectivity index (χ4v) is 7.06. The summed E-state index contributed by atoms with van der Waals surface area (Å²) in [7, 11) is -3.95. The average Bonchev–Trinajstić information content (AvgIpc) is 3.45. The number of benzene rings is 2. The molecule has 10 heteroatoms. The van der Waals surface area contributed by atoms with E-state index in [1.165, 1.54) is 18.2 Å². The lowest BCUT2D eigenvalue weighted by molar-refractivity contribution is -0.154. The highest BCUT2D eigenvalue weighted by Gasteiger charge is 2.54. The lowest BCUT2D eigenvalue weighted by Gasteiger charge is -2.39. The number of nitrogens with zero attached hydrogens (tertiary/aromatic N) is 2. The molecule has 4 atom stereocenters. The Hall–Kier alpha value is -3.27. The van der Waals surface area contributed by atoms with Crippen LogP contribution in [0.25, 0.3) is 0 Å². The largest absolute Gasteiger partial charge is 0.466 e. The maximum Gasteiger partial charge on any atom is 0.311 e. The number of hydrogen-bond donors (Lipinski definition) is 1. The molecule has 4 unspecified atom stereocenters. The zero-order valence-corrected chi connectivity index (χ0v) is 20.7. The first-order valence-corrected chi connectivity index (χ1v) is 13.6. The molecule has 2 fully saturated rings. The smallest absolute Gasteiger partial charge is 0.311 e. The van der Waals surface area contributed by atoms with Gasteiger partial charge in [0.2, 0.25) is 5.91 Å². The third kappa shape index (κ3) is 4.61. The molecular weight excluding hydrogens is 485 g/mol. The van der Waals surface area contributed by atoms with Crippen molar-refractivity contribution in [2.45, 2.75) is 50.1 Å². The summed E-state index contributed by atoms with van der Waals surface area (Å²) in [6.07, 6.45) is 2.37. The molecular formula is C26H28FN3O5S.